The van der Waals surface area contributed by atoms with Crippen molar-refractivity contribution in [2.45, 2.75) is 26.4 Å². The number of ether oxygens (including phenoxy) is 1. The molecule has 5 nitrogen and oxygen atoms in total. The number of fused-ring (bicyclic) bond motifs is 1. The van der Waals surface area contributed by atoms with Crippen LogP contribution in [0.15, 0.2) is 66.7 Å². The molecule has 1 atom stereocenters. The summed E-state index contributed by atoms with van der Waals surface area (Å²) in [5, 5.41) is 2.14. The number of rotatable bonds is 5. The van der Waals surface area contributed by atoms with Crippen molar-refractivity contribution >= 4 is 22.6 Å². The van der Waals surface area contributed by atoms with Crippen LogP contribution in [-0.2, 0) is 16.0 Å². The third kappa shape index (κ3) is 4.85. The van der Waals surface area contributed by atoms with Gasteiger partial charge in [-0.2, -0.15) is 0 Å². The van der Waals surface area contributed by atoms with Gasteiger partial charge in [0.2, 0.25) is 5.91 Å². The molecule has 2 amide bonds. The van der Waals surface area contributed by atoms with E-state index in [2.05, 4.69) is 10.9 Å². The molecule has 0 aliphatic carbocycles. The third-order valence-corrected chi connectivity index (χ3v) is 4.34. The molecule has 0 aliphatic heterocycles. The van der Waals surface area contributed by atoms with Gasteiger partial charge in [0, 0.05) is 0 Å². The first-order chi connectivity index (χ1) is 13.0. The summed E-state index contributed by atoms with van der Waals surface area (Å²) in [6, 6.07) is 21.2. The number of hydrazine groups is 1. The van der Waals surface area contributed by atoms with Crippen LogP contribution in [-0.4, -0.2) is 17.9 Å². The first kappa shape index (κ1) is 18.5. The van der Waals surface area contributed by atoms with Gasteiger partial charge in [0.15, 0.2) is 6.10 Å². The van der Waals surface area contributed by atoms with Crippen LogP contribution in [0.1, 0.15) is 18.1 Å². The summed E-state index contributed by atoms with van der Waals surface area (Å²) in [6.45, 7) is 3.58. The number of carbonyl (C=O) groups excluding carboxylic acids is 2. The highest BCUT2D eigenvalue weighted by Gasteiger charge is 2.16. The molecule has 1 unspecified atom stereocenters. The predicted octanol–water partition coefficient (Wildman–Crippen LogP) is 3.31. The van der Waals surface area contributed by atoms with E-state index in [0.29, 0.717) is 5.75 Å². The molecule has 2 N–H and O–H groups in total. The Balaban J connectivity index is 1.52. The third-order valence-electron chi connectivity index (χ3n) is 4.34. The number of nitrogens with one attached hydrogen (secondary N) is 2. The van der Waals surface area contributed by atoms with Gasteiger partial charge in [-0.25, -0.2) is 0 Å². The van der Waals surface area contributed by atoms with Crippen molar-refractivity contribution in [2.75, 3.05) is 0 Å². The molecule has 0 saturated heterocycles. The van der Waals surface area contributed by atoms with E-state index in [1.165, 1.54) is 0 Å². The van der Waals surface area contributed by atoms with Crippen LogP contribution in [0.25, 0.3) is 10.8 Å². The Hall–Kier alpha value is -3.34. The van der Waals surface area contributed by atoms with E-state index in [1.54, 1.807) is 6.92 Å². The number of hydrogen-bond donors (Lipinski definition) is 2. The molecule has 0 bridgehead atoms. The van der Waals surface area contributed by atoms with E-state index in [1.807, 2.05) is 73.7 Å². The highest BCUT2D eigenvalue weighted by atomic mass is 16.5. The Labute approximate surface area is 158 Å². The Kier molecular flexibility index (Phi) is 5.71. The average Bonchev–Trinajstić information content (AvgIpc) is 2.67. The fraction of sp³-hybridized carbons (Fsp3) is 0.182. The molecule has 0 spiro atoms. The maximum absolute atomic E-state index is 12.2. The molecule has 0 saturated carbocycles. The fourth-order valence-electron chi connectivity index (χ4n) is 2.76. The Morgan fingerprint density at radius 3 is 2.41 bits per heavy atom. The standard InChI is InChI=1S/C22H22N2O3/c1-15-7-3-4-9-18(15)14-21(25)23-24-22(26)16(2)27-20-12-11-17-8-5-6-10-19(17)13-20/h3-13,16H,14H2,1-2H3,(H,23,25)(H,24,26). The van der Waals surface area contributed by atoms with Crippen molar-refractivity contribution in [2.24, 2.45) is 0 Å². The van der Waals surface area contributed by atoms with Gasteiger partial charge in [-0.05, 0) is 47.9 Å². The Morgan fingerprint density at radius 2 is 1.63 bits per heavy atom. The first-order valence-corrected chi connectivity index (χ1v) is 8.81. The van der Waals surface area contributed by atoms with E-state index in [0.717, 1.165) is 21.9 Å². The van der Waals surface area contributed by atoms with Gasteiger partial charge in [0.1, 0.15) is 5.75 Å². The van der Waals surface area contributed by atoms with Gasteiger partial charge in [-0.3, -0.25) is 20.4 Å². The number of hydrogen-bond acceptors (Lipinski definition) is 3. The van der Waals surface area contributed by atoms with Gasteiger partial charge >= 0.3 is 0 Å². The van der Waals surface area contributed by atoms with E-state index >= 15 is 0 Å². The highest BCUT2D eigenvalue weighted by Crippen LogP contribution is 2.21. The predicted molar refractivity (Wildman–Crippen MR) is 105 cm³/mol. The summed E-state index contributed by atoms with van der Waals surface area (Å²) >= 11 is 0. The lowest BCUT2D eigenvalue weighted by Gasteiger charge is -2.15. The number of aryl methyl sites for hydroxylation is 1. The van der Waals surface area contributed by atoms with Crippen molar-refractivity contribution in [3.63, 3.8) is 0 Å². The fourth-order valence-corrected chi connectivity index (χ4v) is 2.76. The van der Waals surface area contributed by atoms with Crippen LogP contribution < -0.4 is 15.6 Å². The number of amides is 2. The van der Waals surface area contributed by atoms with Crippen molar-refractivity contribution in [3.8, 4) is 5.75 Å². The second-order valence-electron chi connectivity index (χ2n) is 6.41. The van der Waals surface area contributed by atoms with Crippen molar-refractivity contribution in [3.05, 3.63) is 77.9 Å². The zero-order valence-electron chi connectivity index (χ0n) is 15.4. The lowest BCUT2D eigenvalue weighted by Crippen LogP contribution is -2.47. The summed E-state index contributed by atoms with van der Waals surface area (Å²) in [5.74, 6) is -0.0977. The molecule has 27 heavy (non-hydrogen) atoms. The van der Waals surface area contributed by atoms with Crippen LogP contribution in [0, 0.1) is 6.92 Å². The maximum Gasteiger partial charge on any atom is 0.279 e. The second kappa shape index (κ2) is 8.36. The lowest BCUT2D eigenvalue weighted by molar-refractivity contribution is -0.132. The molecular formula is C22H22N2O3. The van der Waals surface area contributed by atoms with Gasteiger partial charge in [0.05, 0.1) is 6.42 Å². The zero-order valence-corrected chi connectivity index (χ0v) is 15.4. The Bertz CT molecular complexity index is 968. The van der Waals surface area contributed by atoms with Crippen LogP contribution in [0.2, 0.25) is 0 Å². The molecule has 0 aromatic heterocycles. The van der Waals surface area contributed by atoms with E-state index < -0.39 is 12.0 Å². The van der Waals surface area contributed by atoms with Crippen molar-refractivity contribution in [1.29, 1.82) is 0 Å². The van der Waals surface area contributed by atoms with Crippen molar-refractivity contribution in [1.82, 2.24) is 10.9 Å². The van der Waals surface area contributed by atoms with Crippen molar-refractivity contribution < 1.29 is 14.3 Å². The molecular weight excluding hydrogens is 340 g/mol. The largest absolute Gasteiger partial charge is 0.481 e. The van der Waals surface area contributed by atoms with Crippen LogP contribution in [0.4, 0.5) is 0 Å². The summed E-state index contributed by atoms with van der Waals surface area (Å²) in [7, 11) is 0. The summed E-state index contributed by atoms with van der Waals surface area (Å²) in [5.41, 5.74) is 6.81. The molecule has 0 fully saturated rings. The van der Waals surface area contributed by atoms with E-state index in [-0.39, 0.29) is 12.3 Å². The summed E-state index contributed by atoms with van der Waals surface area (Å²) in [4.78, 5) is 24.2. The molecule has 138 valence electrons. The molecule has 3 aromatic carbocycles. The van der Waals surface area contributed by atoms with Crippen LogP contribution in [0.3, 0.4) is 0 Å². The quantitative estimate of drug-likeness (QED) is 0.685. The normalized spacial score (nSPS) is 11.6. The SMILES string of the molecule is Cc1ccccc1CC(=O)NNC(=O)C(C)Oc1ccc2ccccc2c1. The molecule has 0 radical (unpaired) electrons. The second-order valence-corrected chi connectivity index (χ2v) is 6.41. The van der Waals surface area contributed by atoms with Gasteiger partial charge in [-0.1, -0.05) is 54.6 Å². The van der Waals surface area contributed by atoms with Crippen LogP contribution in [0.5, 0.6) is 5.75 Å². The van der Waals surface area contributed by atoms with E-state index in [4.69, 9.17) is 4.74 Å². The molecule has 3 rings (SSSR count). The van der Waals surface area contributed by atoms with Gasteiger partial charge in [0.25, 0.3) is 5.91 Å². The molecule has 0 heterocycles. The summed E-state index contributed by atoms with van der Waals surface area (Å²) < 4.78 is 5.69. The highest BCUT2D eigenvalue weighted by molar-refractivity contribution is 5.86. The topological polar surface area (TPSA) is 67.4 Å². The number of benzene rings is 3. The molecule has 5 heteroatoms. The zero-order chi connectivity index (χ0) is 19.2. The average molecular weight is 362 g/mol. The minimum atomic E-state index is -0.745. The number of carbonyl (C=O) groups is 2. The minimum absolute atomic E-state index is 0.201. The summed E-state index contributed by atoms with van der Waals surface area (Å²) in [6.07, 6.45) is -0.544. The monoisotopic (exact) mass is 362 g/mol. The smallest absolute Gasteiger partial charge is 0.279 e. The van der Waals surface area contributed by atoms with Gasteiger partial charge < -0.3 is 4.74 Å². The maximum atomic E-state index is 12.2. The van der Waals surface area contributed by atoms with E-state index in [9.17, 15) is 9.59 Å². The molecule has 0 aliphatic rings. The Morgan fingerprint density at radius 1 is 0.926 bits per heavy atom. The van der Waals surface area contributed by atoms with Crippen LogP contribution >= 0.6 is 0 Å². The molecule has 3 aromatic rings. The minimum Gasteiger partial charge on any atom is -0.481 e. The van der Waals surface area contributed by atoms with Gasteiger partial charge in [-0.15, -0.1) is 0 Å². The lowest BCUT2D eigenvalue weighted by atomic mass is 10.1. The first-order valence-electron chi connectivity index (χ1n) is 8.81.